The normalized spacial score (nSPS) is 17.7. The summed E-state index contributed by atoms with van der Waals surface area (Å²) in [6.07, 6.45) is 5.39. The van der Waals surface area contributed by atoms with Crippen LogP contribution in [0.3, 0.4) is 0 Å². The number of hydrogen-bond donors (Lipinski definition) is 2. The maximum absolute atomic E-state index is 13.2. The van der Waals surface area contributed by atoms with Crippen LogP contribution in [0.2, 0.25) is 5.02 Å². The minimum Gasteiger partial charge on any atom is -0.363 e. The molecular formula is C26H28ClN7O3. The number of carbonyl (C=O) groups is 3. The molecule has 192 valence electrons. The Morgan fingerprint density at radius 2 is 2.11 bits per heavy atom. The first-order valence-corrected chi connectivity index (χ1v) is 12.6. The van der Waals surface area contributed by atoms with Crippen LogP contribution in [0.4, 0.5) is 17.3 Å². The molecule has 0 saturated carbocycles. The Morgan fingerprint density at radius 1 is 1.30 bits per heavy atom. The van der Waals surface area contributed by atoms with Crippen LogP contribution in [0, 0.1) is 6.92 Å². The third-order valence-corrected chi connectivity index (χ3v) is 7.20. The lowest BCUT2D eigenvalue weighted by Gasteiger charge is -2.29. The summed E-state index contributed by atoms with van der Waals surface area (Å²) >= 11 is 6.95. The van der Waals surface area contributed by atoms with Gasteiger partial charge in [0.05, 0.1) is 40.0 Å². The van der Waals surface area contributed by atoms with Crippen LogP contribution in [0.15, 0.2) is 37.1 Å². The van der Waals surface area contributed by atoms with Gasteiger partial charge in [-0.1, -0.05) is 18.2 Å². The first kappa shape index (κ1) is 24.8. The zero-order chi connectivity index (χ0) is 26.3. The van der Waals surface area contributed by atoms with Crippen molar-refractivity contribution in [3.8, 4) is 0 Å². The van der Waals surface area contributed by atoms with Gasteiger partial charge in [-0.25, -0.2) is 4.98 Å². The van der Waals surface area contributed by atoms with E-state index in [1.165, 1.54) is 6.08 Å². The Balaban J connectivity index is 1.66. The minimum atomic E-state index is -0.332. The SMILES string of the molecule is C=CC(=O)N1CCCCC(n2c(NC(=O)c3ccnc(C)c3)nc3cc4c(c(Cl)c32)NC(=O)CN4C)C1. The van der Waals surface area contributed by atoms with Gasteiger partial charge in [0.2, 0.25) is 17.8 Å². The van der Waals surface area contributed by atoms with Crippen molar-refractivity contribution in [2.75, 3.05) is 42.2 Å². The fourth-order valence-corrected chi connectivity index (χ4v) is 5.40. The molecule has 1 unspecified atom stereocenters. The molecule has 2 aromatic heterocycles. The molecule has 0 radical (unpaired) electrons. The number of imidazole rings is 1. The van der Waals surface area contributed by atoms with Crippen molar-refractivity contribution in [1.82, 2.24) is 19.4 Å². The number of aromatic nitrogens is 3. The number of likely N-dealkylation sites (tertiary alicyclic amines) is 1. The molecule has 1 atom stereocenters. The van der Waals surface area contributed by atoms with Crippen LogP contribution in [-0.2, 0) is 9.59 Å². The second-order valence-corrected chi connectivity index (χ2v) is 9.82. The Kier molecular flexibility index (Phi) is 6.59. The van der Waals surface area contributed by atoms with Crippen LogP contribution < -0.4 is 15.5 Å². The third-order valence-electron chi connectivity index (χ3n) is 6.83. The maximum atomic E-state index is 13.2. The van der Waals surface area contributed by atoms with E-state index in [1.54, 1.807) is 23.2 Å². The Labute approximate surface area is 219 Å². The number of nitrogens with one attached hydrogen (secondary N) is 2. The first-order valence-electron chi connectivity index (χ1n) is 12.2. The van der Waals surface area contributed by atoms with Gasteiger partial charge < -0.3 is 19.7 Å². The molecule has 1 aromatic carbocycles. The fourth-order valence-electron chi connectivity index (χ4n) is 5.06. The quantitative estimate of drug-likeness (QED) is 0.505. The van der Waals surface area contributed by atoms with Crippen molar-refractivity contribution in [2.24, 2.45) is 0 Å². The van der Waals surface area contributed by atoms with E-state index in [1.807, 2.05) is 29.5 Å². The molecule has 10 nitrogen and oxygen atoms in total. The van der Waals surface area contributed by atoms with E-state index in [-0.39, 0.29) is 30.3 Å². The highest BCUT2D eigenvalue weighted by atomic mass is 35.5. The summed E-state index contributed by atoms with van der Waals surface area (Å²) in [7, 11) is 1.81. The number of halogens is 1. The standard InChI is InChI=1S/C26H28ClN7O3/c1-4-21(36)33-10-6-5-7-17(13-33)34-24-18(12-19-23(22(24)27)30-20(35)14-32(19)3)29-26(34)31-25(37)16-8-9-28-15(2)11-16/h4,8-9,11-12,17H,1,5-7,10,13-14H2,2-3H3,(H,30,35)(H,29,31,37). The molecule has 3 amide bonds. The van der Waals surface area contributed by atoms with E-state index >= 15 is 0 Å². The number of amides is 3. The van der Waals surface area contributed by atoms with Crippen molar-refractivity contribution < 1.29 is 14.4 Å². The number of aryl methyl sites for hydroxylation is 1. The number of pyridine rings is 1. The van der Waals surface area contributed by atoms with Crippen molar-refractivity contribution >= 4 is 57.7 Å². The average Bonchev–Trinajstić information content (AvgIpc) is 3.05. The van der Waals surface area contributed by atoms with Crippen LogP contribution in [0.25, 0.3) is 11.0 Å². The summed E-state index contributed by atoms with van der Waals surface area (Å²) in [6, 6.07) is 5.00. The molecule has 11 heteroatoms. The number of rotatable bonds is 4. The number of anilines is 3. The summed E-state index contributed by atoms with van der Waals surface area (Å²) in [5.74, 6) is -0.320. The van der Waals surface area contributed by atoms with E-state index in [9.17, 15) is 14.4 Å². The molecular weight excluding hydrogens is 494 g/mol. The van der Waals surface area contributed by atoms with Gasteiger partial charge in [-0.15, -0.1) is 0 Å². The van der Waals surface area contributed by atoms with Crippen LogP contribution in [0.5, 0.6) is 0 Å². The lowest BCUT2D eigenvalue weighted by atomic mass is 10.1. The summed E-state index contributed by atoms with van der Waals surface area (Å²) in [6.45, 7) is 6.68. The molecule has 4 heterocycles. The predicted molar refractivity (Wildman–Crippen MR) is 143 cm³/mol. The average molecular weight is 522 g/mol. The molecule has 2 N–H and O–H groups in total. The number of benzene rings is 1. The predicted octanol–water partition coefficient (Wildman–Crippen LogP) is 3.77. The van der Waals surface area contributed by atoms with Crippen LogP contribution >= 0.6 is 11.6 Å². The minimum absolute atomic E-state index is 0.147. The lowest BCUT2D eigenvalue weighted by Crippen LogP contribution is -2.35. The van der Waals surface area contributed by atoms with Crippen LogP contribution in [-0.4, -0.2) is 63.8 Å². The van der Waals surface area contributed by atoms with Gasteiger partial charge in [0, 0.05) is 37.6 Å². The number of nitrogens with zero attached hydrogens (tertiary/aromatic N) is 5. The number of hydrogen-bond acceptors (Lipinski definition) is 6. The zero-order valence-electron chi connectivity index (χ0n) is 20.8. The molecule has 2 aliphatic heterocycles. The van der Waals surface area contributed by atoms with E-state index in [0.29, 0.717) is 46.3 Å². The summed E-state index contributed by atoms with van der Waals surface area (Å²) in [5, 5.41) is 6.18. The maximum Gasteiger partial charge on any atom is 0.258 e. The van der Waals surface area contributed by atoms with Crippen molar-refractivity contribution in [3.05, 3.63) is 53.3 Å². The highest BCUT2D eigenvalue weighted by Gasteiger charge is 2.31. The highest BCUT2D eigenvalue weighted by molar-refractivity contribution is 6.39. The summed E-state index contributed by atoms with van der Waals surface area (Å²) in [5.41, 5.74) is 3.60. The highest BCUT2D eigenvalue weighted by Crippen LogP contribution is 2.43. The van der Waals surface area contributed by atoms with E-state index in [2.05, 4.69) is 22.2 Å². The van der Waals surface area contributed by atoms with Crippen LogP contribution in [0.1, 0.15) is 41.4 Å². The van der Waals surface area contributed by atoms with Gasteiger partial charge in [0.15, 0.2) is 0 Å². The second-order valence-electron chi connectivity index (χ2n) is 9.44. The van der Waals surface area contributed by atoms with E-state index in [4.69, 9.17) is 16.6 Å². The Bertz CT molecular complexity index is 1430. The topological polar surface area (TPSA) is 112 Å². The molecule has 0 spiro atoms. The smallest absolute Gasteiger partial charge is 0.258 e. The number of likely N-dealkylation sites (N-methyl/N-ethyl adjacent to an activating group) is 1. The zero-order valence-corrected chi connectivity index (χ0v) is 21.5. The van der Waals surface area contributed by atoms with Gasteiger partial charge in [-0.05, 0) is 50.5 Å². The number of carbonyl (C=O) groups excluding carboxylic acids is 3. The lowest BCUT2D eigenvalue weighted by molar-refractivity contribution is -0.126. The largest absolute Gasteiger partial charge is 0.363 e. The summed E-state index contributed by atoms with van der Waals surface area (Å²) in [4.78, 5) is 50.6. The molecule has 3 aromatic rings. The molecule has 5 rings (SSSR count). The second kappa shape index (κ2) is 9.85. The molecule has 0 aliphatic carbocycles. The van der Waals surface area contributed by atoms with Gasteiger partial charge in [0.1, 0.15) is 0 Å². The fraction of sp³-hybridized carbons (Fsp3) is 0.346. The number of fused-ring (bicyclic) bond motifs is 2. The van der Waals surface area contributed by atoms with Gasteiger partial charge >= 0.3 is 0 Å². The third kappa shape index (κ3) is 4.64. The van der Waals surface area contributed by atoms with Gasteiger partial charge in [-0.3, -0.25) is 24.7 Å². The van der Waals surface area contributed by atoms with Crippen molar-refractivity contribution in [1.29, 1.82) is 0 Å². The van der Waals surface area contributed by atoms with Crippen molar-refractivity contribution in [3.63, 3.8) is 0 Å². The van der Waals surface area contributed by atoms with Crippen molar-refractivity contribution in [2.45, 2.75) is 32.2 Å². The van der Waals surface area contributed by atoms with Gasteiger partial charge in [-0.2, -0.15) is 0 Å². The summed E-state index contributed by atoms with van der Waals surface area (Å²) < 4.78 is 1.90. The van der Waals surface area contributed by atoms with Gasteiger partial charge in [0.25, 0.3) is 5.91 Å². The molecule has 1 saturated heterocycles. The van der Waals surface area contributed by atoms with E-state index < -0.39 is 0 Å². The Morgan fingerprint density at radius 3 is 2.86 bits per heavy atom. The molecule has 37 heavy (non-hydrogen) atoms. The monoisotopic (exact) mass is 521 g/mol. The Hall–Kier alpha value is -3.92. The molecule has 1 fully saturated rings. The first-order chi connectivity index (χ1) is 17.8. The van der Waals surface area contributed by atoms with E-state index in [0.717, 1.165) is 30.6 Å². The molecule has 0 bridgehead atoms. The molecule has 2 aliphatic rings.